The van der Waals surface area contributed by atoms with Crippen molar-refractivity contribution in [2.75, 3.05) is 7.11 Å². The predicted molar refractivity (Wildman–Crippen MR) is 75.2 cm³/mol. The van der Waals surface area contributed by atoms with E-state index in [1.54, 1.807) is 31.5 Å². The molecule has 0 unspecified atom stereocenters. The van der Waals surface area contributed by atoms with Crippen LogP contribution in [-0.2, 0) is 13.2 Å². The summed E-state index contributed by atoms with van der Waals surface area (Å²) in [4.78, 5) is 11.3. The minimum absolute atomic E-state index is 0.000859. The highest BCUT2D eigenvalue weighted by molar-refractivity contribution is 5.94. The average Bonchev–Trinajstić information content (AvgIpc) is 2.92. The van der Waals surface area contributed by atoms with Gasteiger partial charge >= 0.3 is 0 Å². The Morgan fingerprint density at radius 2 is 2.15 bits per heavy atom. The van der Waals surface area contributed by atoms with Gasteiger partial charge in [0.05, 0.1) is 13.3 Å². The molecule has 2 rings (SSSR count). The fourth-order valence-corrected chi connectivity index (χ4v) is 1.82. The SMILES string of the molecule is CCn1cc(COc2ccc(C(C)=O)cc2OC)cn1. The molecule has 1 heterocycles. The van der Waals surface area contributed by atoms with Gasteiger partial charge in [-0.25, -0.2) is 0 Å². The van der Waals surface area contributed by atoms with Crippen molar-refractivity contribution in [2.45, 2.75) is 27.0 Å². The summed E-state index contributed by atoms with van der Waals surface area (Å²) in [6.45, 7) is 4.79. The number of aromatic nitrogens is 2. The standard InChI is InChI=1S/C15H18N2O3/c1-4-17-9-12(8-16-17)10-20-14-6-5-13(11(2)18)7-15(14)19-3/h5-9H,4,10H2,1-3H3. The highest BCUT2D eigenvalue weighted by Gasteiger charge is 2.09. The minimum Gasteiger partial charge on any atom is -0.493 e. The molecule has 0 spiro atoms. The van der Waals surface area contributed by atoms with Gasteiger partial charge in [-0.3, -0.25) is 9.48 Å². The Morgan fingerprint density at radius 3 is 2.75 bits per heavy atom. The van der Waals surface area contributed by atoms with Crippen molar-refractivity contribution < 1.29 is 14.3 Å². The normalized spacial score (nSPS) is 10.3. The molecule has 2 aromatic rings. The molecule has 0 N–H and O–H groups in total. The number of ketones is 1. The Balaban J connectivity index is 2.10. The van der Waals surface area contributed by atoms with E-state index in [9.17, 15) is 4.79 Å². The number of hydrogen-bond acceptors (Lipinski definition) is 4. The molecule has 0 saturated heterocycles. The summed E-state index contributed by atoms with van der Waals surface area (Å²) in [5, 5.41) is 4.19. The zero-order chi connectivity index (χ0) is 14.5. The Hall–Kier alpha value is -2.30. The summed E-state index contributed by atoms with van der Waals surface area (Å²) < 4.78 is 12.8. The van der Waals surface area contributed by atoms with Gasteiger partial charge in [-0.2, -0.15) is 5.10 Å². The first-order valence-corrected chi connectivity index (χ1v) is 6.47. The van der Waals surface area contributed by atoms with E-state index < -0.39 is 0 Å². The number of Topliss-reactive ketones (excluding diaryl/α,β-unsaturated/α-hetero) is 1. The number of ether oxygens (including phenoxy) is 2. The number of aryl methyl sites for hydroxylation is 1. The second-order valence-corrected chi connectivity index (χ2v) is 4.41. The lowest BCUT2D eigenvalue weighted by Crippen LogP contribution is -1.99. The van der Waals surface area contributed by atoms with E-state index in [-0.39, 0.29) is 5.78 Å². The van der Waals surface area contributed by atoms with Gasteiger partial charge in [0.1, 0.15) is 6.61 Å². The first-order chi connectivity index (χ1) is 9.63. The molecule has 0 atom stereocenters. The van der Waals surface area contributed by atoms with Gasteiger partial charge in [0.15, 0.2) is 17.3 Å². The zero-order valence-corrected chi connectivity index (χ0v) is 11.9. The third-order valence-electron chi connectivity index (χ3n) is 2.98. The van der Waals surface area contributed by atoms with Crippen molar-refractivity contribution in [3.63, 3.8) is 0 Å². The predicted octanol–water partition coefficient (Wildman–Crippen LogP) is 2.69. The van der Waals surface area contributed by atoms with E-state index in [1.807, 2.05) is 17.8 Å². The summed E-state index contributed by atoms with van der Waals surface area (Å²) in [6, 6.07) is 5.17. The first kappa shape index (κ1) is 14.1. The fourth-order valence-electron chi connectivity index (χ4n) is 1.82. The maximum absolute atomic E-state index is 11.3. The van der Waals surface area contributed by atoms with Crippen LogP contribution < -0.4 is 9.47 Å². The summed E-state index contributed by atoms with van der Waals surface area (Å²) in [5.41, 5.74) is 1.59. The van der Waals surface area contributed by atoms with Crippen molar-refractivity contribution in [3.8, 4) is 11.5 Å². The number of nitrogens with zero attached hydrogens (tertiary/aromatic N) is 2. The topological polar surface area (TPSA) is 53.4 Å². The van der Waals surface area contributed by atoms with Gasteiger partial charge in [0, 0.05) is 23.9 Å². The summed E-state index contributed by atoms with van der Waals surface area (Å²) in [6.07, 6.45) is 3.72. The van der Waals surface area contributed by atoms with E-state index in [0.717, 1.165) is 12.1 Å². The molecule has 0 amide bonds. The summed E-state index contributed by atoms with van der Waals surface area (Å²) in [7, 11) is 1.56. The van der Waals surface area contributed by atoms with E-state index in [0.29, 0.717) is 23.7 Å². The van der Waals surface area contributed by atoms with Gasteiger partial charge in [-0.15, -0.1) is 0 Å². The minimum atomic E-state index is -0.000859. The van der Waals surface area contributed by atoms with Crippen LogP contribution >= 0.6 is 0 Å². The molecule has 5 nitrogen and oxygen atoms in total. The molecule has 106 valence electrons. The summed E-state index contributed by atoms with van der Waals surface area (Å²) >= 11 is 0. The van der Waals surface area contributed by atoms with Crippen LogP contribution in [0.3, 0.4) is 0 Å². The van der Waals surface area contributed by atoms with Crippen molar-refractivity contribution in [1.82, 2.24) is 9.78 Å². The average molecular weight is 274 g/mol. The third kappa shape index (κ3) is 3.17. The lowest BCUT2D eigenvalue weighted by Gasteiger charge is -2.10. The zero-order valence-electron chi connectivity index (χ0n) is 11.9. The molecule has 1 aromatic carbocycles. The molecule has 0 bridgehead atoms. The number of benzene rings is 1. The van der Waals surface area contributed by atoms with E-state index >= 15 is 0 Å². The molecular weight excluding hydrogens is 256 g/mol. The Kier molecular flexibility index (Phi) is 4.40. The van der Waals surface area contributed by atoms with Gasteiger partial charge in [-0.1, -0.05) is 0 Å². The van der Waals surface area contributed by atoms with Crippen LogP contribution in [0.1, 0.15) is 29.8 Å². The Morgan fingerprint density at radius 1 is 1.35 bits per heavy atom. The monoisotopic (exact) mass is 274 g/mol. The molecule has 0 aliphatic rings. The van der Waals surface area contributed by atoms with E-state index in [2.05, 4.69) is 5.10 Å². The molecule has 1 aromatic heterocycles. The van der Waals surface area contributed by atoms with Crippen LogP contribution in [0.15, 0.2) is 30.6 Å². The molecule has 0 radical (unpaired) electrons. The van der Waals surface area contributed by atoms with Crippen LogP contribution in [0.5, 0.6) is 11.5 Å². The molecule has 20 heavy (non-hydrogen) atoms. The van der Waals surface area contributed by atoms with Crippen molar-refractivity contribution in [2.24, 2.45) is 0 Å². The summed E-state index contributed by atoms with van der Waals surface area (Å²) in [5.74, 6) is 1.17. The van der Waals surface area contributed by atoms with E-state index in [1.165, 1.54) is 6.92 Å². The second-order valence-electron chi connectivity index (χ2n) is 4.41. The highest BCUT2D eigenvalue weighted by atomic mass is 16.5. The molecule has 0 aliphatic heterocycles. The quantitative estimate of drug-likeness (QED) is 0.760. The third-order valence-corrected chi connectivity index (χ3v) is 2.98. The van der Waals surface area contributed by atoms with Crippen LogP contribution in [0.25, 0.3) is 0 Å². The number of hydrogen-bond donors (Lipinski definition) is 0. The van der Waals surface area contributed by atoms with Gasteiger partial charge < -0.3 is 9.47 Å². The molecule has 0 saturated carbocycles. The van der Waals surface area contributed by atoms with E-state index in [4.69, 9.17) is 9.47 Å². The number of methoxy groups -OCH3 is 1. The molecule has 0 aliphatic carbocycles. The van der Waals surface area contributed by atoms with Crippen molar-refractivity contribution >= 4 is 5.78 Å². The molecule has 0 fully saturated rings. The Bertz CT molecular complexity index is 605. The van der Waals surface area contributed by atoms with Gasteiger partial charge in [-0.05, 0) is 32.0 Å². The Labute approximate surface area is 118 Å². The number of carbonyl (C=O) groups excluding carboxylic acids is 1. The smallest absolute Gasteiger partial charge is 0.161 e. The van der Waals surface area contributed by atoms with Crippen LogP contribution in [0.2, 0.25) is 0 Å². The molecular formula is C15H18N2O3. The second kappa shape index (κ2) is 6.23. The number of carbonyl (C=O) groups is 1. The van der Waals surface area contributed by atoms with Crippen LogP contribution in [0, 0.1) is 0 Å². The lowest BCUT2D eigenvalue weighted by molar-refractivity contribution is 0.101. The van der Waals surface area contributed by atoms with Crippen LogP contribution in [0.4, 0.5) is 0 Å². The number of rotatable bonds is 6. The maximum atomic E-state index is 11.3. The van der Waals surface area contributed by atoms with Crippen molar-refractivity contribution in [1.29, 1.82) is 0 Å². The fraction of sp³-hybridized carbons (Fsp3) is 0.333. The van der Waals surface area contributed by atoms with Gasteiger partial charge in [0.25, 0.3) is 0 Å². The maximum Gasteiger partial charge on any atom is 0.161 e. The van der Waals surface area contributed by atoms with Crippen LogP contribution in [-0.4, -0.2) is 22.7 Å². The van der Waals surface area contributed by atoms with Crippen molar-refractivity contribution in [3.05, 3.63) is 41.7 Å². The largest absolute Gasteiger partial charge is 0.493 e. The lowest BCUT2D eigenvalue weighted by atomic mass is 10.1. The van der Waals surface area contributed by atoms with Gasteiger partial charge in [0.2, 0.25) is 0 Å². The molecule has 5 heteroatoms. The first-order valence-electron chi connectivity index (χ1n) is 6.47. The highest BCUT2D eigenvalue weighted by Crippen LogP contribution is 2.28.